The first-order valence-corrected chi connectivity index (χ1v) is 11.6. The van der Waals surface area contributed by atoms with Crippen LogP contribution in [0.15, 0.2) is 10.6 Å². The molecule has 9 nitrogen and oxygen atoms in total. The molecule has 0 unspecified atom stereocenters. The van der Waals surface area contributed by atoms with Gasteiger partial charge < -0.3 is 24.8 Å². The Kier molecular flexibility index (Phi) is 7.46. The molecule has 1 saturated carbocycles. The summed E-state index contributed by atoms with van der Waals surface area (Å²) in [5.74, 6) is 1.13. The molecular weight excluding hydrogens is 412 g/mol. The van der Waals surface area contributed by atoms with Gasteiger partial charge in [-0.05, 0) is 58.3 Å². The number of alkyl carbamates (subject to hydrolysis) is 1. The standard InChI is InChI=1S/C23H36N4O5/c1-14(2)19(25-22(30)31-23(3,4)5)21(29)27-10-8-15(9-11-27)13-24-20(28)17-12-18(32-26-17)16-6-7-16/h12,14-16,19H,6-11,13H2,1-5H3,(H,24,28)(H,25,30)/t19-/m0/s1. The number of nitrogens with zero attached hydrogens (tertiary/aromatic N) is 2. The number of ether oxygens (including phenoxy) is 1. The summed E-state index contributed by atoms with van der Waals surface area (Å²) in [6, 6.07) is 1.10. The van der Waals surface area contributed by atoms with Gasteiger partial charge in [0, 0.05) is 31.6 Å². The molecule has 2 heterocycles. The molecule has 1 aromatic heterocycles. The van der Waals surface area contributed by atoms with Crippen LogP contribution in [0.1, 0.15) is 82.5 Å². The zero-order chi connectivity index (χ0) is 23.5. The molecule has 32 heavy (non-hydrogen) atoms. The molecule has 1 aliphatic carbocycles. The van der Waals surface area contributed by atoms with E-state index in [1.54, 1.807) is 31.7 Å². The third-order valence-electron chi connectivity index (χ3n) is 5.82. The first-order chi connectivity index (χ1) is 15.0. The minimum absolute atomic E-state index is 0.0602. The van der Waals surface area contributed by atoms with Crippen LogP contribution in [0.25, 0.3) is 0 Å². The first kappa shape index (κ1) is 24.1. The van der Waals surface area contributed by atoms with Crippen molar-refractivity contribution in [3.05, 3.63) is 17.5 Å². The third kappa shape index (κ3) is 6.71. The molecule has 3 rings (SSSR count). The highest BCUT2D eigenvalue weighted by molar-refractivity contribution is 5.92. The zero-order valence-electron chi connectivity index (χ0n) is 19.8. The molecule has 0 radical (unpaired) electrons. The average Bonchev–Trinajstić information content (AvgIpc) is 3.45. The summed E-state index contributed by atoms with van der Waals surface area (Å²) in [5.41, 5.74) is -0.296. The van der Waals surface area contributed by atoms with Gasteiger partial charge in [0.25, 0.3) is 5.91 Å². The Labute approximate surface area is 189 Å². The number of likely N-dealkylation sites (tertiary alicyclic amines) is 1. The molecule has 1 saturated heterocycles. The Hall–Kier alpha value is -2.58. The topological polar surface area (TPSA) is 114 Å². The lowest BCUT2D eigenvalue weighted by molar-refractivity contribution is -0.136. The van der Waals surface area contributed by atoms with Crippen molar-refractivity contribution in [2.45, 2.75) is 77.9 Å². The number of nitrogens with one attached hydrogen (secondary N) is 2. The van der Waals surface area contributed by atoms with Crippen molar-refractivity contribution < 1.29 is 23.6 Å². The normalized spacial score (nSPS) is 18.4. The van der Waals surface area contributed by atoms with Crippen molar-refractivity contribution in [2.24, 2.45) is 11.8 Å². The van der Waals surface area contributed by atoms with E-state index in [9.17, 15) is 14.4 Å². The van der Waals surface area contributed by atoms with Crippen molar-refractivity contribution in [1.82, 2.24) is 20.7 Å². The van der Waals surface area contributed by atoms with Gasteiger partial charge in [0.2, 0.25) is 5.91 Å². The fourth-order valence-corrected chi connectivity index (χ4v) is 3.79. The van der Waals surface area contributed by atoms with E-state index in [0.29, 0.717) is 31.2 Å². The Morgan fingerprint density at radius 3 is 2.41 bits per heavy atom. The van der Waals surface area contributed by atoms with Crippen LogP contribution in [-0.2, 0) is 9.53 Å². The Morgan fingerprint density at radius 1 is 1.19 bits per heavy atom. The molecule has 2 aliphatic rings. The molecule has 0 aromatic carbocycles. The van der Waals surface area contributed by atoms with E-state index < -0.39 is 17.7 Å². The molecule has 2 fully saturated rings. The van der Waals surface area contributed by atoms with Crippen LogP contribution in [0.2, 0.25) is 0 Å². The first-order valence-electron chi connectivity index (χ1n) is 11.6. The fraction of sp³-hybridized carbons (Fsp3) is 0.739. The molecule has 3 amide bonds. The smallest absolute Gasteiger partial charge is 0.408 e. The van der Waals surface area contributed by atoms with Crippen molar-refractivity contribution in [3.8, 4) is 0 Å². The van der Waals surface area contributed by atoms with Crippen LogP contribution in [0.4, 0.5) is 4.79 Å². The van der Waals surface area contributed by atoms with Gasteiger partial charge in [0.15, 0.2) is 5.69 Å². The van der Waals surface area contributed by atoms with Gasteiger partial charge in [-0.25, -0.2) is 4.79 Å². The predicted octanol–water partition coefficient (Wildman–Crippen LogP) is 3.07. The van der Waals surface area contributed by atoms with E-state index in [2.05, 4.69) is 15.8 Å². The lowest BCUT2D eigenvalue weighted by atomic mass is 9.95. The van der Waals surface area contributed by atoms with Crippen LogP contribution in [-0.4, -0.2) is 59.2 Å². The summed E-state index contributed by atoms with van der Waals surface area (Å²) < 4.78 is 10.6. The number of aromatic nitrogens is 1. The quantitative estimate of drug-likeness (QED) is 0.663. The third-order valence-corrected chi connectivity index (χ3v) is 5.82. The number of rotatable bonds is 7. The van der Waals surface area contributed by atoms with Gasteiger partial charge in [-0.15, -0.1) is 0 Å². The molecule has 9 heteroatoms. The molecule has 1 atom stereocenters. The molecule has 2 N–H and O–H groups in total. The van der Waals surface area contributed by atoms with Crippen LogP contribution < -0.4 is 10.6 Å². The Bertz CT molecular complexity index is 817. The number of piperidine rings is 1. The maximum Gasteiger partial charge on any atom is 0.408 e. The summed E-state index contributed by atoms with van der Waals surface area (Å²) in [6.45, 7) is 10.9. The monoisotopic (exact) mass is 448 g/mol. The largest absolute Gasteiger partial charge is 0.444 e. The summed E-state index contributed by atoms with van der Waals surface area (Å²) in [6.07, 6.45) is 3.18. The Balaban J connectivity index is 1.44. The number of carbonyl (C=O) groups excluding carboxylic acids is 3. The average molecular weight is 449 g/mol. The van der Waals surface area contributed by atoms with E-state index in [1.165, 1.54) is 0 Å². The van der Waals surface area contributed by atoms with Crippen molar-refractivity contribution in [1.29, 1.82) is 0 Å². The van der Waals surface area contributed by atoms with Crippen molar-refractivity contribution in [3.63, 3.8) is 0 Å². The summed E-state index contributed by atoms with van der Waals surface area (Å²) in [4.78, 5) is 39.3. The number of hydrogen-bond donors (Lipinski definition) is 2. The van der Waals surface area contributed by atoms with E-state index in [-0.39, 0.29) is 23.7 Å². The van der Waals surface area contributed by atoms with Gasteiger partial charge in [0.1, 0.15) is 17.4 Å². The highest BCUT2D eigenvalue weighted by atomic mass is 16.6. The second kappa shape index (κ2) is 9.92. The van der Waals surface area contributed by atoms with Crippen molar-refractivity contribution in [2.75, 3.05) is 19.6 Å². The van der Waals surface area contributed by atoms with Crippen LogP contribution in [0.5, 0.6) is 0 Å². The minimum atomic E-state index is -0.631. The molecule has 1 aliphatic heterocycles. The fourth-order valence-electron chi connectivity index (χ4n) is 3.79. The van der Waals surface area contributed by atoms with Crippen LogP contribution in [0.3, 0.4) is 0 Å². The van der Waals surface area contributed by atoms with Gasteiger partial charge in [0.05, 0.1) is 0 Å². The maximum absolute atomic E-state index is 13.0. The minimum Gasteiger partial charge on any atom is -0.444 e. The molecular formula is C23H36N4O5. The predicted molar refractivity (Wildman–Crippen MR) is 118 cm³/mol. The second-order valence-electron chi connectivity index (χ2n) is 10.2. The van der Waals surface area contributed by atoms with E-state index in [0.717, 1.165) is 31.4 Å². The summed E-state index contributed by atoms with van der Waals surface area (Å²) >= 11 is 0. The highest BCUT2D eigenvalue weighted by Crippen LogP contribution is 2.40. The molecule has 1 aromatic rings. The second-order valence-corrected chi connectivity index (χ2v) is 10.2. The van der Waals surface area contributed by atoms with Gasteiger partial charge in [-0.1, -0.05) is 19.0 Å². The highest BCUT2D eigenvalue weighted by Gasteiger charge is 2.33. The van der Waals surface area contributed by atoms with Gasteiger partial charge in [-0.3, -0.25) is 9.59 Å². The van der Waals surface area contributed by atoms with Gasteiger partial charge in [-0.2, -0.15) is 0 Å². The molecule has 178 valence electrons. The number of hydrogen-bond acceptors (Lipinski definition) is 6. The molecule has 0 spiro atoms. The van der Waals surface area contributed by atoms with Crippen molar-refractivity contribution >= 4 is 17.9 Å². The lowest BCUT2D eigenvalue weighted by Crippen LogP contribution is -2.54. The van der Waals surface area contributed by atoms with E-state index >= 15 is 0 Å². The zero-order valence-corrected chi connectivity index (χ0v) is 19.8. The summed E-state index contributed by atoms with van der Waals surface area (Å²) in [5, 5.41) is 9.54. The lowest BCUT2D eigenvalue weighted by Gasteiger charge is -2.35. The number of carbonyl (C=O) groups is 3. The maximum atomic E-state index is 13.0. The molecule has 0 bridgehead atoms. The van der Waals surface area contributed by atoms with Crippen LogP contribution in [0, 0.1) is 11.8 Å². The number of amides is 3. The van der Waals surface area contributed by atoms with E-state index in [4.69, 9.17) is 9.26 Å². The van der Waals surface area contributed by atoms with E-state index in [1.807, 2.05) is 13.8 Å². The SMILES string of the molecule is CC(C)[C@H](NC(=O)OC(C)(C)C)C(=O)N1CCC(CNC(=O)c2cc(C3CC3)on2)CC1. The Morgan fingerprint density at radius 2 is 1.84 bits per heavy atom. The van der Waals surface area contributed by atoms with Crippen LogP contribution >= 0.6 is 0 Å². The van der Waals surface area contributed by atoms with Gasteiger partial charge >= 0.3 is 6.09 Å². The summed E-state index contributed by atoms with van der Waals surface area (Å²) in [7, 11) is 0.